The van der Waals surface area contributed by atoms with Crippen molar-refractivity contribution in [3.05, 3.63) is 52.5 Å². The second-order valence-corrected chi connectivity index (χ2v) is 9.48. The van der Waals surface area contributed by atoms with Crippen molar-refractivity contribution in [3.8, 4) is 16.5 Å². The molecule has 2 aliphatic heterocycles. The summed E-state index contributed by atoms with van der Waals surface area (Å²) in [5.41, 5.74) is 4.95. The standard InChI is InChI=1S/C23H20ClFN6O2S/c1-12(27-16-2-3-19(24)29-21(16)18-8-26-11-34-18)15-6-13(25)7-17-20(15)30-22-23(28-17)33-10-14-9-32-5-4-31(14)22/h2-3,6-8,11-12,14,27H,4-5,9-10H2,1H3/t12-,14?/m1/s1. The zero-order valence-corrected chi connectivity index (χ0v) is 19.7. The van der Waals surface area contributed by atoms with E-state index < -0.39 is 0 Å². The lowest BCUT2D eigenvalue weighted by Gasteiger charge is -2.39. The van der Waals surface area contributed by atoms with Gasteiger partial charge < -0.3 is 19.7 Å². The highest BCUT2D eigenvalue weighted by atomic mass is 35.5. The summed E-state index contributed by atoms with van der Waals surface area (Å²) in [6.45, 7) is 4.33. The van der Waals surface area contributed by atoms with Crippen LogP contribution in [-0.2, 0) is 4.74 Å². The maximum absolute atomic E-state index is 14.7. The number of hydrogen-bond donors (Lipinski definition) is 1. The molecule has 3 aromatic heterocycles. The molecule has 8 nitrogen and oxygen atoms in total. The van der Waals surface area contributed by atoms with Gasteiger partial charge in [0.2, 0.25) is 0 Å². The van der Waals surface area contributed by atoms with Gasteiger partial charge in [0, 0.05) is 24.4 Å². The third-order valence-electron chi connectivity index (χ3n) is 5.99. The fraction of sp³-hybridized carbons (Fsp3) is 0.304. The Bertz CT molecular complexity index is 1370. The largest absolute Gasteiger partial charge is 0.473 e. The fourth-order valence-corrected chi connectivity index (χ4v) is 5.14. The first-order chi connectivity index (χ1) is 16.6. The molecule has 0 spiro atoms. The number of fused-ring (bicyclic) bond motifs is 4. The Morgan fingerprint density at radius 3 is 3.00 bits per heavy atom. The predicted octanol–water partition coefficient (Wildman–Crippen LogP) is 4.71. The monoisotopic (exact) mass is 498 g/mol. The van der Waals surface area contributed by atoms with Crippen LogP contribution in [0, 0.1) is 5.82 Å². The summed E-state index contributed by atoms with van der Waals surface area (Å²) in [5, 5.41) is 3.84. The summed E-state index contributed by atoms with van der Waals surface area (Å²) >= 11 is 7.63. The van der Waals surface area contributed by atoms with Crippen molar-refractivity contribution in [1.29, 1.82) is 0 Å². The average molecular weight is 499 g/mol. The van der Waals surface area contributed by atoms with Crippen molar-refractivity contribution < 1.29 is 13.9 Å². The molecule has 174 valence electrons. The van der Waals surface area contributed by atoms with E-state index in [1.165, 1.54) is 23.5 Å². The minimum Gasteiger partial charge on any atom is -0.473 e. The number of pyridine rings is 1. The Morgan fingerprint density at radius 2 is 2.15 bits per heavy atom. The van der Waals surface area contributed by atoms with Gasteiger partial charge in [0.25, 0.3) is 5.88 Å². The highest BCUT2D eigenvalue weighted by Gasteiger charge is 2.33. The maximum Gasteiger partial charge on any atom is 0.258 e. The van der Waals surface area contributed by atoms with Gasteiger partial charge in [-0.25, -0.2) is 19.3 Å². The molecule has 1 aromatic carbocycles. The number of benzene rings is 1. The molecule has 2 atom stereocenters. The quantitative estimate of drug-likeness (QED) is 0.405. The summed E-state index contributed by atoms with van der Waals surface area (Å²) in [5.74, 6) is 0.713. The number of nitrogens with zero attached hydrogens (tertiary/aromatic N) is 5. The van der Waals surface area contributed by atoms with Crippen molar-refractivity contribution in [2.45, 2.75) is 19.0 Å². The van der Waals surface area contributed by atoms with Crippen LogP contribution in [-0.4, -0.2) is 52.3 Å². The molecule has 1 fully saturated rings. The molecule has 0 bridgehead atoms. The van der Waals surface area contributed by atoms with Gasteiger partial charge in [0.1, 0.15) is 23.3 Å². The fourth-order valence-electron chi connectivity index (χ4n) is 4.37. The Balaban J connectivity index is 1.42. The first-order valence-corrected chi connectivity index (χ1v) is 12.1. The van der Waals surface area contributed by atoms with Crippen molar-refractivity contribution in [2.75, 3.05) is 36.6 Å². The predicted molar refractivity (Wildman–Crippen MR) is 129 cm³/mol. The molecular weight excluding hydrogens is 479 g/mol. The summed E-state index contributed by atoms with van der Waals surface area (Å²) in [6.07, 6.45) is 1.74. The molecule has 5 heterocycles. The Labute approximate surface area is 203 Å². The van der Waals surface area contributed by atoms with Gasteiger partial charge in [0.05, 0.1) is 52.4 Å². The molecule has 34 heavy (non-hydrogen) atoms. The van der Waals surface area contributed by atoms with Crippen molar-refractivity contribution in [1.82, 2.24) is 19.9 Å². The molecular formula is C23H20ClFN6O2S. The van der Waals surface area contributed by atoms with Crippen LogP contribution in [0.4, 0.5) is 15.9 Å². The number of halogens is 2. The first-order valence-electron chi connectivity index (χ1n) is 10.9. The molecule has 1 N–H and O–H groups in total. The zero-order valence-electron chi connectivity index (χ0n) is 18.2. The number of ether oxygens (including phenoxy) is 2. The lowest BCUT2D eigenvalue weighted by Crippen LogP contribution is -2.51. The Hall–Kier alpha value is -3.08. The van der Waals surface area contributed by atoms with E-state index in [1.54, 1.807) is 17.8 Å². The lowest BCUT2D eigenvalue weighted by molar-refractivity contribution is 0.0686. The molecule has 0 radical (unpaired) electrons. The Morgan fingerprint density at radius 1 is 1.24 bits per heavy atom. The second kappa shape index (κ2) is 8.61. The van der Waals surface area contributed by atoms with E-state index in [0.717, 1.165) is 10.6 Å². The Kier molecular flexibility index (Phi) is 5.43. The molecule has 11 heteroatoms. The maximum atomic E-state index is 14.7. The SMILES string of the molecule is C[C@@H](Nc1ccc(Cl)nc1-c1cncs1)c1cc(F)cc2nc3c(nc12)N1CCOCC1CO3. The highest BCUT2D eigenvalue weighted by molar-refractivity contribution is 7.13. The van der Waals surface area contributed by atoms with E-state index in [-0.39, 0.29) is 17.9 Å². The smallest absolute Gasteiger partial charge is 0.258 e. The van der Waals surface area contributed by atoms with Crippen LogP contribution in [0.3, 0.4) is 0 Å². The summed E-state index contributed by atoms with van der Waals surface area (Å²) in [6, 6.07) is 6.26. The second-order valence-electron chi connectivity index (χ2n) is 8.21. The van der Waals surface area contributed by atoms with Gasteiger partial charge in [-0.15, -0.1) is 11.3 Å². The normalized spacial score (nSPS) is 18.2. The number of hydrogen-bond acceptors (Lipinski definition) is 9. The van der Waals surface area contributed by atoms with Gasteiger partial charge in [-0.3, -0.25) is 4.98 Å². The number of morpholine rings is 1. The van der Waals surface area contributed by atoms with Crippen LogP contribution >= 0.6 is 22.9 Å². The molecule has 0 saturated carbocycles. The molecule has 2 aliphatic rings. The zero-order chi connectivity index (χ0) is 23.2. The topological polar surface area (TPSA) is 85.3 Å². The summed E-state index contributed by atoms with van der Waals surface area (Å²) < 4.78 is 26.1. The molecule has 6 rings (SSSR count). The number of nitrogens with one attached hydrogen (secondary N) is 1. The number of rotatable bonds is 4. The molecule has 0 amide bonds. The average Bonchev–Trinajstić information content (AvgIpc) is 3.38. The first kappa shape index (κ1) is 21.5. The van der Waals surface area contributed by atoms with Gasteiger partial charge >= 0.3 is 0 Å². The van der Waals surface area contributed by atoms with E-state index in [0.29, 0.717) is 65.5 Å². The molecule has 0 aliphatic carbocycles. The minimum absolute atomic E-state index is 0.0922. The van der Waals surface area contributed by atoms with Crippen LogP contribution in [0.1, 0.15) is 18.5 Å². The van der Waals surface area contributed by atoms with E-state index in [2.05, 4.69) is 25.2 Å². The van der Waals surface area contributed by atoms with E-state index in [9.17, 15) is 4.39 Å². The van der Waals surface area contributed by atoms with Crippen LogP contribution in [0.2, 0.25) is 5.15 Å². The number of anilines is 2. The summed E-state index contributed by atoms with van der Waals surface area (Å²) in [7, 11) is 0. The molecule has 1 saturated heterocycles. The lowest BCUT2D eigenvalue weighted by atomic mass is 10.0. The third-order valence-corrected chi connectivity index (χ3v) is 6.98. The van der Waals surface area contributed by atoms with Crippen molar-refractivity contribution >= 4 is 45.5 Å². The minimum atomic E-state index is -0.387. The summed E-state index contributed by atoms with van der Waals surface area (Å²) in [4.78, 5) is 21.2. The van der Waals surface area contributed by atoms with Crippen LogP contribution in [0.25, 0.3) is 21.6 Å². The van der Waals surface area contributed by atoms with Gasteiger partial charge in [-0.2, -0.15) is 0 Å². The number of thiazole rings is 1. The van der Waals surface area contributed by atoms with Gasteiger partial charge in [-0.05, 0) is 25.1 Å². The van der Waals surface area contributed by atoms with E-state index >= 15 is 0 Å². The molecule has 1 unspecified atom stereocenters. The van der Waals surface area contributed by atoms with Crippen LogP contribution in [0.5, 0.6) is 5.88 Å². The van der Waals surface area contributed by atoms with Gasteiger partial charge in [-0.1, -0.05) is 11.6 Å². The molecule has 4 aromatic rings. The third kappa shape index (κ3) is 3.81. The van der Waals surface area contributed by atoms with Gasteiger partial charge in [0.15, 0.2) is 5.82 Å². The van der Waals surface area contributed by atoms with Crippen LogP contribution < -0.4 is 15.0 Å². The van der Waals surface area contributed by atoms with E-state index in [4.69, 9.17) is 26.1 Å². The van der Waals surface area contributed by atoms with E-state index in [1.807, 2.05) is 13.0 Å². The number of aromatic nitrogens is 4. The highest BCUT2D eigenvalue weighted by Crippen LogP contribution is 2.37. The van der Waals surface area contributed by atoms with Crippen molar-refractivity contribution in [2.24, 2.45) is 0 Å². The van der Waals surface area contributed by atoms with Crippen LogP contribution in [0.15, 0.2) is 36.0 Å². The van der Waals surface area contributed by atoms with Crippen molar-refractivity contribution in [3.63, 3.8) is 0 Å².